The van der Waals surface area contributed by atoms with Gasteiger partial charge in [-0.05, 0) is 32.3 Å². The van der Waals surface area contributed by atoms with Crippen molar-refractivity contribution in [2.45, 2.75) is 44.9 Å². The topological polar surface area (TPSA) is 39.1 Å². The largest absolute Gasteiger partial charge is 0.377 e. The van der Waals surface area contributed by atoms with E-state index in [0.717, 1.165) is 25.3 Å². The number of nitrogens with one attached hydrogen (secondary N) is 1. The zero-order valence-electron chi connectivity index (χ0n) is 12.4. The first-order valence-electron chi connectivity index (χ1n) is 7.48. The van der Waals surface area contributed by atoms with Crippen molar-refractivity contribution in [2.75, 3.05) is 13.7 Å². The molecule has 4 nitrogen and oxygen atoms in total. The number of aryl methyl sites for hydroxylation is 1. The van der Waals surface area contributed by atoms with E-state index in [-0.39, 0.29) is 5.60 Å². The van der Waals surface area contributed by atoms with Crippen LogP contribution in [0.15, 0.2) is 24.3 Å². The molecule has 0 radical (unpaired) electrons. The minimum atomic E-state index is 0.0725. The van der Waals surface area contributed by atoms with Crippen LogP contribution in [0.3, 0.4) is 0 Å². The van der Waals surface area contributed by atoms with Crippen LogP contribution in [0.5, 0.6) is 0 Å². The van der Waals surface area contributed by atoms with Gasteiger partial charge in [0.25, 0.3) is 0 Å². The van der Waals surface area contributed by atoms with Crippen LogP contribution >= 0.6 is 0 Å². The Kier molecular flexibility index (Phi) is 3.76. The van der Waals surface area contributed by atoms with Crippen molar-refractivity contribution in [3.8, 4) is 0 Å². The summed E-state index contributed by atoms with van der Waals surface area (Å²) in [5.41, 5.74) is 2.42. The molecule has 0 spiro atoms. The summed E-state index contributed by atoms with van der Waals surface area (Å²) >= 11 is 0. The number of fused-ring (bicyclic) bond motifs is 1. The fourth-order valence-corrected chi connectivity index (χ4v) is 3.00. The standard InChI is InChI=1S/C16H23N3O/c1-3-19-15-8-5-4-7-13(15)14(18-19)11-17-12-16(20-2)9-6-10-16/h4-5,7-8,17H,3,6,9-12H2,1-2H3. The van der Waals surface area contributed by atoms with Crippen molar-refractivity contribution in [1.82, 2.24) is 15.1 Å². The molecular formula is C16H23N3O. The molecule has 0 atom stereocenters. The molecule has 1 saturated carbocycles. The van der Waals surface area contributed by atoms with Crippen molar-refractivity contribution in [1.29, 1.82) is 0 Å². The molecule has 0 aliphatic heterocycles. The molecule has 3 rings (SSSR count). The summed E-state index contributed by atoms with van der Waals surface area (Å²) in [6, 6.07) is 8.44. The van der Waals surface area contributed by atoms with Crippen LogP contribution in [0, 0.1) is 0 Å². The van der Waals surface area contributed by atoms with Gasteiger partial charge >= 0.3 is 0 Å². The highest BCUT2D eigenvalue weighted by atomic mass is 16.5. The maximum atomic E-state index is 5.64. The lowest BCUT2D eigenvalue weighted by atomic mass is 9.80. The van der Waals surface area contributed by atoms with E-state index in [0.29, 0.717) is 0 Å². The van der Waals surface area contributed by atoms with E-state index in [1.54, 1.807) is 0 Å². The van der Waals surface area contributed by atoms with Crippen LogP contribution in [0.4, 0.5) is 0 Å². The number of hydrogen-bond acceptors (Lipinski definition) is 3. The zero-order chi connectivity index (χ0) is 14.0. The third-order valence-corrected chi connectivity index (χ3v) is 4.47. The predicted octanol–water partition coefficient (Wildman–Crippen LogP) is 2.71. The molecule has 20 heavy (non-hydrogen) atoms. The first kappa shape index (κ1) is 13.6. The average Bonchev–Trinajstić information content (AvgIpc) is 2.80. The Labute approximate surface area is 120 Å². The molecule has 1 N–H and O–H groups in total. The first-order valence-corrected chi connectivity index (χ1v) is 7.48. The van der Waals surface area contributed by atoms with E-state index < -0.39 is 0 Å². The van der Waals surface area contributed by atoms with E-state index in [2.05, 4.69) is 41.2 Å². The Balaban J connectivity index is 1.71. The first-order chi connectivity index (χ1) is 9.78. The van der Waals surface area contributed by atoms with E-state index in [9.17, 15) is 0 Å². The molecule has 4 heteroatoms. The van der Waals surface area contributed by atoms with Crippen LogP contribution < -0.4 is 5.32 Å². The second-order valence-corrected chi connectivity index (χ2v) is 5.62. The molecular weight excluding hydrogens is 250 g/mol. The molecule has 1 aliphatic rings. The molecule has 0 saturated heterocycles. The Morgan fingerprint density at radius 2 is 2.15 bits per heavy atom. The van der Waals surface area contributed by atoms with Gasteiger partial charge in [-0.3, -0.25) is 4.68 Å². The van der Waals surface area contributed by atoms with Gasteiger partial charge in [0.2, 0.25) is 0 Å². The second-order valence-electron chi connectivity index (χ2n) is 5.62. The molecule has 1 fully saturated rings. The van der Waals surface area contributed by atoms with Crippen LogP contribution in [-0.2, 0) is 17.8 Å². The van der Waals surface area contributed by atoms with Crippen LogP contribution in [0.25, 0.3) is 10.9 Å². The maximum absolute atomic E-state index is 5.64. The monoisotopic (exact) mass is 273 g/mol. The van der Waals surface area contributed by atoms with Crippen LogP contribution in [0.1, 0.15) is 31.9 Å². The van der Waals surface area contributed by atoms with Gasteiger partial charge in [0, 0.05) is 32.1 Å². The fraction of sp³-hybridized carbons (Fsp3) is 0.562. The molecule has 108 valence electrons. The number of hydrogen-bond donors (Lipinski definition) is 1. The molecule has 1 aromatic heterocycles. The van der Waals surface area contributed by atoms with Gasteiger partial charge in [0.05, 0.1) is 16.8 Å². The van der Waals surface area contributed by atoms with E-state index in [1.807, 2.05) is 7.11 Å². The van der Waals surface area contributed by atoms with Crippen molar-refractivity contribution >= 4 is 10.9 Å². The van der Waals surface area contributed by atoms with Gasteiger partial charge in [0.15, 0.2) is 0 Å². The number of benzene rings is 1. The SMILES string of the molecule is CCn1nc(CNCC2(OC)CCC2)c2ccccc21. The van der Waals surface area contributed by atoms with Crippen molar-refractivity contribution in [3.05, 3.63) is 30.0 Å². The minimum absolute atomic E-state index is 0.0725. The van der Waals surface area contributed by atoms with Crippen molar-refractivity contribution in [3.63, 3.8) is 0 Å². The number of nitrogens with zero attached hydrogens (tertiary/aromatic N) is 2. The molecule has 0 unspecified atom stereocenters. The lowest BCUT2D eigenvalue weighted by Crippen LogP contribution is -2.47. The van der Waals surface area contributed by atoms with E-state index in [4.69, 9.17) is 9.84 Å². The normalized spacial score (nSPS) is 17.3. The Hall–Kier alpha value is -1.39. The molecule has 1 aromatic carbocycles. The summed E-state index contributed by atoms with van der Waals surface area (Å²) in [5, 5.41) is 9.49. The van der Waals surface area contributed by atoms with Crippen LogP contribution in [0.2, 0.25) is 0 Å². The van der Waals surface area contributed by atoms with Gasteiger partial charge in [-0.2, -0.15) is 5.10 Å². The molecule has 0 bridgehead atoms. The molecule has 1 heterocycles. The van der Waals surface area contributed by atoms with Gasteiger partial charge in [-0.1, -0.05) is 18.2 Å². The van der Waals surface area contributed by atoms with Gasteiger partial charge in [-0.15, -0.1) is 0 Å². The van der Waals surface area contributed by atoms with Crippen LogP contribution in [-0.4, -0.2) is 29.0 Å². The third-order valence-electron chi connectivity index (χ3n) is 4.47. The number of methoxy groups -OCH3 is 1. The highest BCUT2D eigenvalue weighted by molar-refractivity contribution is 5.81. The summed E-state index contributed by atoms with van der Waals surface area (Å²) in [6.45, 7) is 4.75. The summed E-state index contributed by atoms with van der Waals surface area (Å²) in [4.78, 5) is 0. The summed E-state index contributed by atoms with van der Waals surface area (Å²) in [5.74, 6) is 0. The quantitative estimate of drug-likeness (QED) is 0.879. The smallest absolute Gasteiger partial charge is 0.0841 e. The maximum Gasteiger partial charge on any atom is 0.0841 e. The molecule has 2 aromatic rings. The lowest BCUT2D eigenvalue weighted by molar-refractivity contribution is -0.0695. The van der Waals surface area contributed by atoms with Gasteiger partial charge in [-0.25, -0.2) is 0 Å². The highest BCUT2D eigenvalue weighted by Crippen LogP contribution is 2.34. The number of aromatic nitrogens is 2. The zero-order valence-corrected chi connectivity index (χ0v) is 12.4. The molecule has 1 aliphatic carbocycles. The lowest BCUT2D eigenvalue weighted by Gasteiger charge is -2.40. The van der Waals surface area contributed by atoms with Gasteiger partial charge in [0.1, 0.15) is 0 Å². The number of rotatable bonds is 6. The fourth-order valence-electron chi connectivity index (χ4n) is 3.00. The third kappa shape index (κ3) is 2.34. The second kappa shape index (κ2) is 5.54. The molecule has 0 amide bonds. The van der Waals surface area contributed by atoms with E-state index in [1.165, 1.54) is 30.2 Å². The average molecular weight is 273 g/mol. The van der Waals surface area contributed by atoms with E-state index >= 15 is 0 Å². The predicted molar refractivity (Wildman–Crippen MR) is 80.7 cm³/mol. The Bertz CT molecular complexity index is 581. The minimum Gasteiger partial charge on any atom is -0.377 e. The van der Waals surface area contributed by atoms with Crippen molar-refractivity contribution < 1.29 is 4.74 Å². The summed E-state index contributed by atoms with van der Waals surface area (Å²) in [7, 11) is 1.82. The summed E-state index contributed by atoms with van der Waals surface area (Å²) < 4.78 is 7.71. The van der Waals surface area contributed by atoms with Crippen molar-refractivity contribution in [2.24, 2.45) is 0 Å². The Morgan fingerprint density at radius 1 is 1.35 bits per heavy atom. The number of para-hydroxylation sites is 1. The highest BCUT2D eigenvalue weighted by Gasteiger charge is 2.36. The summed E-state index contributed by atoms with van der Waals surface area (Å²) in [6.07, 6.45) is 3.62. The Morgan fingerprint density at radius 3 is 2.80 bits per heavy atom. The van der Waals surface area contributed by atoms with Gasteiger partial charge < -0.3 is 10.1 Å². The number of ether oxygens (including phenoxy) is 1.